The molecule has 2 heterocycles. The summed E-state index contributed by atoms with van der Waals surface area (Å²) in [6, 6.07) is 7.81. The number of rotatable bonds is 4. The normalized spacial score (nSPS) is 20.4. The Balaban J connectivity index is 1.49. The zero-order valence-electron chi connectivity index (χ0n) is 15.8. The lowest BCUT2D eigenvalue weighted by Crippen LogP contribution is -2.31. The number of benzene rings is 1. The fourth-order valence-corrected chi connectivity index (χ4v) is 5.46. The van der Waals surface area contributed by atoms with Crippen molar-refractivity contribution in [1.82, 2.24) is 14.3 Å². The molecule has 1 aromatic carbocycles. The van der Waals surface area contributed by atoms with Crippen molar-refractivity contribution in [2.24, 2.45) is 0 Å². The molecule has 1 saturated heterocycles. The summed E-state index contributed by atoms with van der Waals surface area (Å²) in [4.78, 5) is 8.97. The van der Waals surface area contributed by atoms with Crippen molar-refractivity contribution in [2.75, 3.05) is 13.1 Å². The minimum absolute atomic E-state index is 0.224. The number of fused-ring (bicyclic) bond motifs is 1. The predicted molar refractivity (Wildman–Crippen MR) is 102 cm³/mol. The van der Waals surface area contributed by atoms with Gasteiger partial charge in [0.05, 0.1) is 11.4 Å². The van der Waals surface area contributed by atoms with Crippen LogP contribution in [0.2, 0.25) is 0 Å². The van der Waals surface area contributed by atoms with Crippen LogP contribution in [0.1, 0.15) is 41.8 Å². The molecule has 27 heavy (non-hydrogen) atoms. The van der Waals surface area contributed by atoms with E-state index in [0.717, 1.165) is 30.7 Å². The summed E-state index contributed by atoms with van der Waals surface area (Å²) < 4.78 is 33.5. The molecule has 1 aliphatic carbocycles. The lowest BCUT2D eigenvalue weighted by Gasteiger charge is -2.20. The molecule has 0 bridgehead atoms. The van der Waals surface area contributed by atoms with Crippen molar-refractivity contribution >= 4 is 10.0 Å². The molecule has 4 rings (SSSR count). The summed E-state index contributed by atoms with van der Waals surface area (Å²) >= 11 is 0. The second-order valence-corrected chi connectivity index (χ2v) is 9.40. The van der Waals surface area contributed by atoms with Gasteiger partial charge in [-0.3, -0.25) is 0 Å². The van der Waals surface area contributed by atoms with E-state index < -0.39 is 10.0 Å². The monoisotopic (exact) mass is 387 g/mol. The Labute approximate surface area is 160 Å². The minimum Gasteiger partial charge on any atom is -0.459 e. The van der Waals surface area contributed by atoms with Crippen molar-refractivity contribution in [2.45, 2.75) is 57.0 Å². The molecule has 0 N–H and O–H groups in total. The smallest absolute Gasteiger partial charge is 0.317 e. The molecule has 1 unspecified atom stereocenters. The summed E-state index contributed by atoms with van der Waals surface area (Å²) in [5.74, 6) is 0. The van der Waals surface area contributed by atoms with E-state index in [1.807, 2.05) is 32.0 Å². The molecule has 1 aliphatic heterocycles. The molecule has 1 aromatic heterocycles. The third-order valence-corrected chi connectivity index (χ3v) is 7.16. The van der Waals surface area contributed by atoms with E-state index in [1.54, 1.807) is 6.07 Å². The van der Waals surface area contributed by atoms with Gasteiger partial charge in [-0.1, -0.05) is 6.07 Å². The maximum absolute atomic E-state index is 13.1. The van der Waals surface area contributed by atoms with Crippen LogP contribution in [0.25, 0.3) is 0 Å². The van der Waals surface area contributed by atoms with Gasteiger partial charge in [-0.2, -0.15) is 4.31 Å². The zero-order valence-corrected chi connectivity index (χ0v) is 16.6. The first-order chi connectivity index (χ1) is 12.9. The number of nitrogens with zero attached hydrogens (tertiary/aromatic N) is 3. The molecule has 2 aromatic rings. The molecular formula is C20H25N3O3S. The molecule has 144 valence electrons. The summed E-state index contributed by atoms with van der Waals surface area (Å²) in [6.45, 7) is 4.57. The van der Waals surface area contributed by atoms with Crippen molar-refractivity contribution in [3.63, 3.8) is 0 Å². The number of aryl methyl sites for hydroxylation is 4. The molecule has 1 fully saturated rings. The van der Waals surface area contributed by atoms with E-state index in [-0.39, 0.29) is 6.10 Å². The third-order valence-electron chi connectivity index (χ3n) is 5.30. The molecular weight excluding hydrogens is 362 g/mol. The lowest BCUT2D eigenvalue weighted by molar-refractivity contribution is 0.197. The first kappa shape index (κ1) is 18.4. The lowest BCUT2D eigenvalue weighted by atomic mass is 9.92. The molecule has 7 heteroatoms. The highest BCUT2D eigenvalue weighted by atomic mass is 32.2. The standard InChI is InChI=1S/C20H25N3O3S/c1-14-11-15(2)22-20(21-14)26-18-9-10-23(13-18)27(24,25)19-8-7-16-5-3-4-6-17(16)12-19/h7-8,11-12,18H,3-6,9-10,13H2,1-2H3. The summed E-state index contributed by atoms with van der Waals surface area (Å²) in [5, 5.41) is 0. The van der Waals surface area contributed by atoms with E-state index in [4.69, 9.17) is 4.74 Å². The Morgan fingerprint density at radius 3 is 2.48 bits per heavy atom. The van der Waals surface area contributed by atoms with Gasteiger partial charge < -0.3 is 4.74 Å². The van der Waals surface area contributed by atoms with Crippen LogP contribution >= 0.6 is 0 Å². The fraction of sp³-hybridized carbons (Fsp3) is 0.500. The Morgan fingerprint density at radius 1 is 1.04 bits per heavy atom. The number of sulfonamides is 1. The van der Waals surface area contributed by atoms with Crippen molar-refractivity contribution in [3.05, 3.63) is 46.8 Å². The molecule has 0 spiro atoms. The van der Waals surface area contributed by atoms with Crippen LogP contribution in [0, 0.1) is 13.8 Å². The van der Waals surface area contributed by atoms with Gasteiger partial charge in [0, 0.05) is 17.9 Å². The highest BCUT2D eigenvalue weighted by Gasteiger charge is 2.34. The van der Waals surface area contributed by atoms with Crippen LogP contribution in [-0.2, 0) is 22.9 Å². The SMILES string of the molecule is Cc1cc(C)nc(OC2CCN(S(=O)(=O)c3ccc4c(c3)CCCC4)C2)n1. The van der Waals surface area contributed by atoms with Crippen molar-refractivity contribution in [1.29, 1.82) is 0 Å². The van der Waals surface area contributed by atoms with Gasteiger partial charge in [0.1, 0.15) is 6.10 Å². The minimum atomic E-state index is -3.50. The van der Waals surface area contributed by atoms with Crippen molar-refractivity contribution in [3.8, 4) is 6.01 Å². The second-order valence-electron chi connectivity index (χ2n) is 7.46. The maximum Gasteiger partial charge on any atom is 0.317 e. The van der Waals surface area contributed by atoms with E-state index in [1.165, 1.54) is 21.9 Å². The number of aromatic nitrogens is 2. The van der Waals surface area contributed by atoms with Gasteiger partial charge in [-0.05, 0) is 75.3 Å². The van der Waals surface area contributed by atoms with Gasteiger partial charge in [0.15, 0.2) is 0 Å². The topological polar surface area (TPSA) is 72.4 Å². The highest BCUT2D eigenvalue weighted by molar-refractivity contribution is 7.89. The van der Waals surface area contributed by atoms with E-state index >= 15 is 0 Å². The quantitative estimate of drug-likeness (QED) is 0.807. The van der Waals surface area contributed by atoms with Crippen LogP contribution in [-0.4, -0.2) is 41.9 Å². The number of ether oxygens (including phenoxy) is 1. The van der Waals surface area contributed by atoms with Gasteiger partial charge in [-0.25, -0.2) is 18.4 Å². The molecule has 1 atom stereocenters. The first-order valence-corrected chi connectivity index (χ1v) is 11.0. The highest BCUT2D eigenvalue weighted by Crippen LogP contribution is 2.28. The first-order valence-electron chi connectivity index (χ1n) is 9.53. The van der Waals surface area contributed by atoms with Gasteiger partial charge in [-0.15, -0.1) is 0 Å². The summed E-state index contributed by atoms with van der Waals surface area (Å²) in [5.41, 5.74) is 4.15. The van der Waals surface area contributed by atoms with E-state index in [0.29, 0.717) is 30.4 Å². The van der Waals surface area contributed by atoms with Gasteiger partial charge in [0.25, 0.3) is 0 Å². The molecule has 0 saturated carbocycles. The third kappa shape index (κ3) is 3.84. The molecule has 6 nitrogen and oxygen atoms in total. The van der Waals surface area contributed by atoms with Crippen molar-refractivity contribution < 1.29 is 13.2 Å². The van der Waals surface area contributed by atoms with Gasteiger partial charge in [0.2, 0.25) is 10.0 Å². The predicted octanol–water partition coefficient (Wildman–Crippen LogP) is 2.81. The van der Waals surface area contributed by atoms with E-state index in [2.05, 4.69) is 9.97 Å². The Morgan fingerprint density at radius 2 is 1.74 bits per heavy atom. The second kappa shape index (κ2) is 7.20. The average Bonchev–Trinajstić information content (AvgIpc) is 3.09. The zero-order chi connectivity index (χ0) is 19.0. The summed E-state index contributed by atoms with van der Waals surface area (Å²) in [6.07, 6.45) is 4.75. The van der Waals surface area contributed by atoms with Crippen LogP contribution in [0.5, 0.6) is 6.01 Å². The Hall–Kier alpha value is -1.99. The van der Waals surface area contributed by atoms with Gasteiger partial charge >= 0.3 is 6.01 Å². The largest absolute Gasteiger partial charge is 0.459 e. The molecule has 0 radical (unpaired) electrons. The Kier molecular flexibility index (Phi) is 4.90. The maximum atomic E-state index is 13.1. The summed E-state index contributed by atoms with van der Waals surface area (Å²) in [7, 11) is -3.50. The number of hydrogen-bond donors (Lipinski definition) is 0. The number of hydrogen-bond acceptors (Lipinski definition) is 5. The molecule has 0 amide bonds. The van der Waals surface area contributed by atoms with Crippen LogP contribution in [0.3, 0.4) is 0 Å². The Bertz CT molecular complexity index is 939. The molecule has 2 aliphatic rings. The average molecular weight is 388 g/mol. The van der Waals surface area contributed by atoms with Crippen LogP contribution < -0.4 is 4.74 Å². The van der Waals surface area contributed by atoms with Crippen LogP contribution in [0.4, 0.5) is 0 Å². The fourth-order valence-electron chi connectivity index (χ4n) is 3.93. The van der Waals surface area contributed by atoms with Crippen LogP contribution in [0.15, 0.2) is 29.2 Å². The van der Waals surface area contributed by atoms with E-state index in [9.17, 15) is 8.42 Å².